The molecule has 1 amide bonds. The van der Waals surface area contributed by atoms with Gasteiger partial charge in [0.2, 0.25) is 0 Å². The number of benzene rings is 1. The number of hydrogen-bond acceptors (Lipinski definition) is 3. The summed E-state index contributed by atoms with van der Waals surface area (Å²) in [7, 11) is 0. The Morgan fingerprint density at radius 1 is 1.19 bits per heavy atom. The minimum absolute atomic E-state index is 0.173. The van der Waals surface area contributed by atoms with E-state index in [0.29, 0.717) is 11.4 Å². The van der Waals surface area contributed by atoms with E-state index >= 15 is 0 Å². The van der Waals surface area contributed by atoms with Crippen LogP contribution in [0.4, 0.5) is 17.2 Å². The molecule has 2 aromatic rings. The zero-order valence-corrected chi connectivity index (χ0v) is 9.63. The molecule has 0 saturated heterocycles. The van der Waals surface area contributed by atoms with Crippen molar-refractivity contribution in [3.05, 3.63) is 34.4 Å². The summed E-state index contributed by atoms with van der Waals surface area (Å²) in [5.41, 5.74) is 2.08. The van der Waals surface area contributed by atoms with Crippen LogP contribution in [0.3, 0.4) is 0 Å². The second-order valence-electron chi connectivity index (χ2n) is 3.43. The van der Waals surface area contributed by atoms with Gasteiger partial charge in [0.25, 0.3) is 5.91 Å². The lowest BCUT2D eigenvalue weighted by atomic mass is 10.2. The second kappa shape index (κ2) is 3.34. The molecule has 3 rings (SSSR count). The first-order valence-electron chi connectivity index (χ1n) is 4.65. The van der Waals surface area contributed by atoms with Crippen LogP contribution in [0.2, 0.25) is 0 Å². The van der Waals surface area contributed by atoms with Gasteiger partial charge < -0.3 is 10.6 Å². The van der Waals surface area contributed by atoms with Gasteiger partial charge in [-0.05, 0) is 18.2 Å². The van der Waals surface area contributed by atoms with Crippen molar-refractivity contribution in [2.45, 2.75) is 0 Å². The van der Waals surface area contributed by atoms with E-state index in [9.17, 15) is 4.79 Å². The van der Waals surface area contributed by atoms with Crippen molar-refractivity contribution in [3.63, 3.8) is 0 Å². The van der Waals surface area contributed by atoms with E-state index in [1.54, 1.807) is 0 Å². The van der Waals surface area contributed by atoms with Gasteiger partial charge in [0.05, 0.1) is 17.6 Å². The number of hydrogen-bond donors (Lipinski definition) is 3. The normalized spacial score (nSPS) is 13.2. The molecule has 80 valence electrons. The molecule has 0 spiro atoms. The first kappa shape index (κ1) is 9.41. The maximum atomic E-state index is 11.8. The van der Waals surface area contributed by atoms with Gasteiger partial charge in [-0.3, -0.25) is 9.89 Å². The Balaban J connectivity index is 2.16. The van der Waals surface area contributed by atoms with Gasteiger partial charge in [-0.2, -0.15) is 5.10 Å². The number of H-pyrrole nitrogens is 1. The average Bonchev–Trinajstić information content (AvgIpc) is 2.65. The molecule has 2 heterocycles. The fourth-order valence-corrected chi connectivity index (χ4v) is 1.97. The van der Waals surface area contributed by atoms with Gasteiger partial charge >= 0.3 is 0 Å². The Bertz CT molecular complexity index is 578. The highest BCUT2D eigenvalue weighted by Crippen LogP contribution is 2.32. The van der Waals surface area contributed by atoms with Crippen LogP contribution in [0.25, 0.3) is 0 Å². The molecule has 1 aromatic carbocycles. The molecular weight excluding hydrogens is 272 g/mol. The molecule has 1 aromatic heterocycles. The van der Waals surface area contributed by atoms with E-state index in [1.165, 1.54) is 6.20 Å². The summed E-state index contributed by atoms with van der Waals surface area (Å²) >= 11 is 3.36. The van der Waals surface area contributed by atoms with Crippen molar-refractivity contribution in [2.75, 3.05) is 10.6 Å². The molecule has 16 heavy (non-hydrogen) atoms. The van der Waals surface area contributed by atoms with Crippen LogP contribution in [-0.4, -0.2) is 16.1 Å². The van der Waals surface area contributed by atoms with Crippen molar-refractivity contribution >= 4 is 39.0 Å². The van der Waals surface area contributed by atoms with Gasteiger partial charge in [-0.25, -0.2) is 0 Å². The standard InChI is InChI=1S/C10H7BrN4O/c11-5-1-2-7-8(3-5)14-10(16)6-4-12-15-9(6)13-7/h1-4H,(H,14,16)(H2,12,13,15). The van der Waals surface area contributed by atoms with Gasteiger partial charge in [0.15, 0.2) is 0 Å². The molecule has 0 saturated carbocycles. The molecule has 1 aliphatic rings. The summed E-state index contributed by atoms with van der Waals surface area (Å²) in [5.74, 6) is 0.437. The van der Waals surface area contributed by atoms with Crippen LogP contribution in [-0.2, 0) is 0 Å². The Morgan fingerprint density at radius 2 is 2.06 bits per heavy atom. The van der Waals surface area contributed by atoms with Gasteiger partial charge in [0, 0.05) is 4.47 Å². The smallest absolute Gasteiger partial charge is 0.261 e. The lowest BCUT2D eigenvalue weighted by Crippen LogP contribution is -2.09. The van der Waals surface area contributed by atoms with Crippen molar-refractivity contribution in [1.29, 1.82) is 0 Å². The number of halogens is 1. The largest absolute Gasteiger partial charge is 0.338 e. The van der Waals surface area contributed by atoms with Crippen molar-refractivity contribution in [1.82, 2.24) is 10.2 Å². The first-order valence-corrected chi connectivity index (χ1v) is 5.44. The molecule has 6 heteroatoms. The first-order chi connectivity index (χ1) is 7.74. The minimum Gasteiger partial charge on any atom is -0.338 e. The number of rotatable bonds is 0. The Morgan fingerprint density at radius 3 is 2.94 bits per heavy atom. The number of aromatic nitrogens is 2. The van der Waals surface area contributed by atoms with Crippen LogP contribution in [0.15, 0.2) is 28.9 Å². The zero-order valence-electron chi connectivity index (χ0n) is 8.04. The molecule has 0 unspecified atom stereocenters. The average molecular weight is 279 g/mol. The molecule has 5 nitrogen and oxygen atoms in total. The fourth-order valence-electron chi connectivity index (χ4n) is 1.61. The third-order valence-corrected chi connectivity index (χ3v) is 2.87. The summed E-state index contributed by atoms with van der Waals surface area (Å²) in [4.78, 5) is 11.8. The van der Waals surface area contributed by atoms with E-state index in [2.05, 4.69) is 36.8 Å². The van der Waals surface area contributed by atoms with Gasteiger partial charge in [0.1, 0.15) is 11.4 Å². The summed E-state index contributed by atoms with van der Waals surface area (Å²) in [6.07, 6.45) is 1.50. The van der Waals surface area contributed by atoms with E-state index in [0.717, 1.165) is 15.8 Å². The van der Waals surface area contributed by atoms with Crippen molar-refractivity contribution < 1.29 is 4.79 Å². The van der Waals surface area contributed by atoms with Crippen LogP contribution in [0.5, 0.6) is 0 Å². The molecule has 0 bridgehead atoms. The minimum atomic E-state index is -0.173. The summed E-state index contributed by atoms with van der Waals surface area (Å²) in [6.45, 7) is 0. The van der Waals surface area contributed by atoms with E-state index in [-0.39, 0.29) is 5.91 Å². The number of nitrogens with one attached hydrogen (secondary N) is 3. The number of aromatic amines is 1. The van der Waals surface area contributed by atoms with E-state index < -0.39 is 0 Å². The highest BCUT2D eigenvalue weighted by Gasteiger charge is 2.20. The number of fused-ring (bicyclic) bond motifs is 2. The highest BCUT2D eigenvalue weighted by atomic mass is 79.9. The molecule has 3 N–H and O–H groups in total. The summed E-state index contributed by atoms with van der Waals surface area (Å²) < 4.78 is 0.914. The number of amides is 1. The predicted molar refractivity (Wildman–Crippen MR) is 64.0 cm³/mol. The maximum absolute atomic E-state index is 11.8. The van der Waals surface area contributed by atoms with Gasteiger partial charge in [-0.15, -0.1) is 0 Å². The number of carbonyl (C=O) groups is 1. The third-order valence-electron chi connectivity index (χ3n) is 2.37. The number of anilines is 3. The second-order valence-corrected chi connectivity index (χ2v) is 4.34. The highest BCUT2D eigenvalue weighted by molar-refractivity contribution is 9.10. The SMILES string of the molecule is O=C1Nc2cc(Br)ccc2Nc2[nH]ncc21. The Hall–Kier alpha value is -1.82. The molecular formula is C10H7BrN4O. The summed E-state index contributed by atoms with van der Waals surface area (Å²) in [6, 6.07) is 5.63. The fraction of sp³-hybridized carbons (Fsp3) is 0. The quantitative estimate of drug-likeness (QED) is 0.693. The zero-order chi connectivity index (χ0) is 11.1. The summed E-state index contributed by atoms with van der Waals surface area (Å²) in [5, 5.41) is 12.5. The van der Waals surface area contributed by atoms with Crippen LogP contribution < -0.4 is 10.6 Å². The van der Waals surface area contributed by atoms with Crippen molar-refractivity contribution in [2.24, 2.45) is 0 Å². The van der Waals surface area contributed by atoms with Crippen molar-refractivity contribution in [3.8, 4) is 0 Å². The Kier molecular flexibility index (Phi) is 1.97. The predicted octanol–water partition coefficient (Wildman–Crippen LogP) is 2.48. The molecule has 0 atom stereocenters. The molecule has 0 fully saturated rings. The van der Waals surface area contributed by atoms with Crippen LogP contribution >= 0.6 is 15.9 Å². The lowest BCUT2D eigenvalue weighted by Gasteiger charge is -2.07. The maximum Gasteiger partial charge on any atom is 0.261 e. The van der Waals surface area contributed by atoms with E-state index in [4.69, 9.17) is 0 Å². The topological polar surface area (TPSA) is 69.8 Å². The third kappa shape index (κ3) is 1.38. The molecule has 0 radical (unpaired) electrons. The lowest BCUT2D eigenvalue weighted by molar-refractivity contribution is 0.102. The monoisotopic (exact) mass is 278 g/mol. The Labute approximate surface area is 99.4 Å². The molecule has 0 aliphatic carbocycles. The van der Waals surface area contributed by atoms with Gasteiger partial charge in [-0.1, -0.05) is 15.9 Å². The van der Waals surface area contributed by atoms with Crippen LogP contribution in [0, 0.1) is 0 Å². The number of nitrogens with zero attached hydrogens (tertiary/aromatic N) is 1. The van der Waals surface area contributed by atoms with Crippen LogP contribution in [0.1, 0.15) is 10.4 Å². The van der Waals surface area contributed by atoms with E-state index in [1.807, 2.05) is 18.2 Å². The molecule has 1 aliphatic heterocycles. The number of carbonyl (C=O) groups excluding carboxylic acids is 1.